The normalized spacial score (nSPS) is 18.3. The predicted molar refractivity (Wildman–Crippen MR) is 104 cm³/mol. The maximum atomic E-state index is 13.2. The molecule has 132 valence electrons. The van der Waals surface area contributed by atoms with E-state index in [1.54, 1.807) is 30.3 Å². The molecule has 1 atom stereocenters. The monoisotopic (exact) mass is 420 g/mol. The van der Waals surface area contributed by atoms with Gasteiger partial charge in [0.15, 0.2) is 0 Å². The first kappa shape index (κ1) is 18.1. The topological polar surface area (TPSA) is 49.7 Å². The van der Waals surface area contributed by atoms with Crippen LogP contribution in [0.1, 0.15) is 38.8 Å². The molecule has 0 aromatic heterocycles. The van der Waals surface area contributed by atoms with Gasteiger partial charge in [0.05, 0.1) is 10.9 Å². The SMILES string of the molecule is CC(C)(C)C1=NN(S(=O)(=O)c2ccccc2)[C@@H](c2ccc(Br)cc2)C1. The number of nitrogens with zero attached hydrogens (tertiary/aromatic N) is 2. The van der Waals surface area contributed by atoms with Crippen LogP contribution >= 0.6 is 15.9 Å². The van der Waals surface area contributed by atoms with Gasteiger partial charge in [0.2, 0.25) is 0 Å². The number of benzene rings is 2. The molecule has 0 spiro atoms. The van der Waals surface area contributed by atoms with Gasteiger partial charge >= 0.3 is 0 Å². The fourth-order valence-electron chi connectivity index (χ4n) is 2.80. The fraction of sp³-hybridized carbons (Fsp3) is 0.316. The molecule has 2 aromatic carbocycles. The van der Waals surface area contributed by atoms with Gasteiger partial charge in [-0.1, -0.05) is 67.0 Å². The van der Waals surface area contributed by atoms with Crippen LogP contribution in [0.4, 0.5) is 0 Å². The van der Waals surface area contributed by atoms with Gasteiger partial charge in [0, 0.05) is 22.0 Å². The second kappa shape index (κ2) is 6.57. The minimum Gasteiger partial charge on any atom is -0.200 e. The standard InChI is InChI=1S/C19H21BrN2O2S/c1-19(2,3)18-13-17(14-9-11-15(20)12-10-14)22(21-18)25(23,24)16-7-5-4-6-8-16/h4-12,17H,13H2,1-3H3/t17-/m1/s1. The highest BCUT2D eigenvalue weighted by Crippen LogP contribution is 2.39. The summed E-state index contributed by atoms with van der Waals surface area (Å²) in [6.45, 7) is 6.18. The lowest BCUT2D eigenvalue weighted by Gasteiger charge is -2.23. The lowest BCUT2D eigenvalue weighted by atomic mass is 9.86. The van der Waals surface area contributed by atoms with Crippen LogP contribution in [-0.2, 0) is 10.0 Å². The molecular formula is C19H21BrN2O2S. The largest absolute Gasteiger partial charge is 0.279 e. The van der Waals surface area contributed by atoms with Crippen LogP contribution in [0.3, 0.4) is 0 Å². The van der Waals surface area contributed by atoms with Crippen molar-refractivity contribution in [2.75, 3.05) is 0 Å². The molecule has 0 saturated carbocycles. The number of sulfonamides is 1. The summed E-state index contributed by atoms with van der Waals surface area (Å²) in [6, 6.07) is 15.9. The predicted octanol–water partition coefficient (Wildman–Crippen LogP) is 4.99. The lowest BCUT2D eigenvalue weighted by molar-refractivity contribution is 0.371. The molecule has 25 heavy (non-hydrogen) atoms. The molecule has 4 nitrogen and oxygen atoms in total. The van der Waals surface area contributed by atoms with Gasteiger partial charge in [-0.3, -0.25) is 0 Å². The molecule has 0 unspecified atom stereocenters. The molecule has 6 heteroatoms. The van der Waals surface area contributed by atoms with Gasteiger partial charge in [-0.15, -0.1) is 0 Å². The minimum absolute atomic E-state index is 0.186. The summed E-state index contributed by atoms with van der Waals surface area (Å²) >= 11 is 3.43. The van der Waals surface area contributed by atoms with E-state index in [4.69, 9.17) is 0 Å². The first-order valence-corrected chi connectivity index (χ1v) is 10.4. The van der Waals surface area contributed by atoms with E-state index in [0.717, 1.165) is 15.7 Å². The number of halogens is 1. The maximum absolute atomic E-state index is 13.2. The van der Waals surface area contributed by atoms with Crippen LogP contribution in [-0.4, -0.2) is 18.5 Å². The third-order valence-corrected chi connectivity index (χ3v) is 6.51. The first-order valence-electron chi connectivity index (χ1n) is 8.12. The van der Waals surface area contributed by atoms with E-state index in [-0.39, 0.29) is 16.4 Å². The van der Waals surface area contributed by atoms with Crippen molar-refractivity contribution < 1.29 is 8.42 Å². The molecule has 1 aliphatic heterocycles. The molecule has 0 aliphatic carbocycles. The smallest absolute Gasteiger partial charge is 0.200 e. The second-order valence-corrected chi connectivity index (χ2v) is 9.87. The second-order valence-electron chi connectivity index (χ2n) is 7.16. The van der Waals surface area contributed by atoms with Crippen LogP contribution in [0.2, 0.25) is 0 Å². The zero-order valence-electron chi connectivity index (χ0n) is 14.5. The minimum atomic E-state index is -3.71. The summed E-state index contributed by atoms with van der Waals surface area (Å²) < 4.78 is 28.6. The summed E-state index contributed by atoms with van der Waals surface area (Å²) in [4.78, 5) is 0.260. The van der Waals surface area contributed by atoms with E-state index in [1.807, 2.05) is 24.3 Å². The zero-order valence-corrected chi connectivity index (χ0v) is 16.9. The maximum Gasteiger partial charge on any atom is 0.279 e. The molecule has 0 saturated heterocycles. The Morgan fingerprint density at radius 2 is 1.64 bits per heavy atom. The van der Waals surface area contributed by atoms with Crippen molar-refractivity contribution in [2.45, 2.75) is 38.1 Å². The number of hydrogen-bond acceptors (Lipinski definition) is 3. The summed E-state index contributed by atoms with van der Waals surface area (Å²) in [5.41, 5.74) is 1.64. The van der Waals surface area contributed by atoms with E-state index < -0.39 is 10.0 Å². The van der Waals surface area contributed by atoms with E-state index in [9.17, 15) is 8.42 Å². The molecule has 0 radical (unpaired) electrons. The van der Waals surface area contributed by atoms with Crippen LogP contribution in [0, 0.1) is 5.41 Å². The van der Waals surface area contributed by atoms with Crippen molar-refractivity contribution in [1.29, 1.82) is 0 Å². The Balaban J connectivity index is 2.08. The summed E-state index contributed by atoms with van der Waals surface area (Å²) in [5, 5.41) is 4.54. The number of rotatable bonds is 3. The third-order valence-electron chi connectivity index (χ3n) is 4.28. The van der Waals surface area contributed by atoms with Gasteiger partial charge < -0.3 is 0 Å². The van der Waals surface area contributed by atoms with Gasteiger partial charge in [0.25, 0.3) is 10.0 Å². The van der Waals surface area contributed by atoms with Crippen molar-refractivity contribution >= 4 is 31.7 Å². The molecule has 0 fully saturated rings. The quantitative estimate of drug-likeness (QED) is 0.702. The van der Waals surface area contributed by atoms with Crippen molar-refractivity contribution in [2.24, 2.45) is 10.5 Å². The van der Waals surface area contributed by atoms with Gasteiger partial charge in [0.1, 0.15) is 0 Å². The molecule has 0 N–H and O–H groups in total. The summed E-state index contributed by atoms with van der Waals surface area (Å²) in [6.07, 6.45) is 0.594. The van der Waals surface area contributed by atoms with Crippen LogP contribution < -0.4 is 0 Å². The van der Waals surface area contributed by atoms with Crippen LogP contribution in [0.25, 0.3) is 0 Å². The fourth-order valence-corrected chi connectivity index (χ4v) is 4.52. The average Bonchev–Trinajstić information content (AvgIpc) is 3.03. The zero-order chi connectivity index (χ0) is 18.2. The highest BCUT2D eigenvalue weighted by atomic mass is 79.9. The Morgan fingerprint density at radius 1 is 1.04 bits per heavy atom. The first-order chi connectivity index (χ1) is 11.7. The third kappa shape index (κ3) is 3.65. The molecular weight excluding hydrogens is 400 g/mol. The van der Waals surface area contributed by atoms with Crippen molar-refractivity contribution in [3.05, 3.63) is 64.6 Å². The number of hydrazone groups is 1. The van der Waals surface area contributed by atoms with Crippen molar-refractivity contribution in [3.8, 4) is 0 Å². The highest BCUT2D eigenvalue weighted by Gasteiger charge is 2.40. The van der Waals surface area contributed by atoms with E-state index in [2.05, 4.69) is 41.8 Å². The molecule has 2 aromatic rings. The summed E-state index contributed by atoms with van der Waals surface area (Å²) in [7, 11) is -3.71. The Morgan fingerprint density at radius 3 is 2.20 bits per heavy atom. The van der Waals surface area contributed by atoms with Gasteiger partial charge in [-0.2, -0.15) is 17.9 Å². The molecule has 1 heterocycles. The van der Waals surface area contributed by atoms with E-state index >= 15 is 0 Å². The van der Waals surface area contributed by atoms with E-state index in [0.29, 0.717) is 6.42 Å². The average molecular weight is 421 g/mol. The highest BCUT2D eigenvalue weighted by molar-refractivity contribution is 9.10. The summed E-state index contributed by atoms with van der Waals surface area (Å²) in [5.74, 6) is 0. The number of hydrogen-bond donors (Lipinski definition) is 0. The molecule has 0 bridgehead atoms. The van der Waals surface area contributed by atoms with Crippen molar-refractivity contribution in [3.63, 3.8) is 0 Å². The Labute approximate surface area is 157 Å². The van der Waals surface area contributed by atoms with Crippen molar-refractivity contribution in [1.82, 2.24) is 4.41 Å². The Kier molecular flexibility index (Phi) is 4.77. The molecule has 0 amide bonds. The molecule has 3 rings (SSSR count). The lowest BCUT2D eigenvalue weighted by Crippen LogP contribution is -2.27. The Hall–Kier alpha value is -1.66. The van der Waals surface area contributed by atoms with Gasteiger partial charge in [-0.25, -0.2) is 0 Å². The van der Waals surface area contributed by atoms with Gasteiger partial charge in [-0.05, 0) is 29.8 Å². The molecule has 1 aliphatic rings. The van der Waals surface area contributed by atoms with Crippen LogP contribution in [0.15, 0.2) is 69.1 Å². The van der Waals surface area contributed by atoms with E-state index in [1.165, 1.54) is 4.41 Å². The Bertz CT molecular complexity index is 885. The van der Waals surface area contributed by atoms with Crippen LogP contribution in [0.5, 0.6) is 0 Å².